The van der Waals surface area contributed by atoms with Crippen LogP contribution in [0.15, 0.2) is 18.5 Å². The zero-order valence-corrected chi connectivity index (χ0v) is 10.3. The predicted molar refractivity (Wildman–Crippen MR) is 65.4 cm³/mol. The number of carbonyl (C=O) groups is 1. The lowest BCUT2D eigenvalue weighted by molar-refractivity contribution is 0.0690. The van der Waals surface area contributed by atoms with Crippen LogP contribution in [0.4, 0.5) is 0 Å². The molecular formula is C13H16N2O2. The standard InChI is InChI=1S/C13H16N2O2/c1-8(2)4-10-5-11-6-12(13(16)17)14-7-15(11)9(10)3/h5-8H,4H2,1-3H3,(H,16,17). The number of fused-ring (bicyclic) bond motifs is 1. The fourth-order valence-corrected chi connectivity index (χ4v) is 2.03. The summed E-state index contributed by atoms with van der Waals surface area (Å²) in [7, 11) is 0. The van der Waals surface area contributed by atoms with Gasteiger partial charge in [-0.15, -0.1) is 0 Å². The van der Waals surface area contributed by atoms with Gasteiger partial charge in [-0.05, 0) is 37.0 Å². The molecule has 0 bridgehead atoms. The highest BCUT2D eigenvalue weighted by Gasteiger charge is 2.11. The molecule has 4 heteroatoms. The van der Waals surface area contributed by atoms with E-state index in [1.54, 1.807) is 12.4 Å². The van der Waals surface area contributed by atoms with Crippen LogP contribution in [-0.2, 0) is 6.42 Å². The number of hydrogen-bond acceptors (Lipinski definition) is 2. The molecule has 0 saturated carbocycles. The zero-order valence-electron chi connectivity index (χ0n) is 10.3. The molecule has 0 atom stereocenters. The average molecular weight is 232 g/mol. The molecule has 0 amide bonds. The molecule has 90 valence electrons. The summed E-state index contributed by atoms with van der Waals surface area (Å²) >= 11 is 0. The smallest absolute Gasteiger partial charge is 0.354 e. The molecule has 0 aliphatic heterocycles. The molecule has 0 radical (unpaired) electrons. The lowest BCUT2D eigenvalue weighted by Crippen LogP contribution is -2.02. The number of hydrogen-bond donors (Lipinski definition) is 1. The second kappa shape index (κ2) is 4.20. The van der Waals surface area contributed by atoms with E-state index in [9.17, 15) is 4.79 Å². The van der Waals surface area contributed by atoms with Crippen molar-refractivity contribution >= 4 is 11.5 Å². The fraction of sp³-hybridized carbons (Fsp3) is 0.385. The van der Waals surface area contributed by atoms with Crippen molar-refractivity contribution in [3.05, 3.63) is 35.4 Å². The van der Waals surface area contributed by atoms with Crippen molar-refractivity contribution in [2.24, 2.45) is 5.92 Å². The van der Waals surface area contributed by atoms with E-state index in [0.717, 1.165) is 17.6 Å². The minimum Gasteiger partial charge on any atom is -0.477 e. The van der Waals surface area contributed by atoms with Gasteiger partial charge in [-0.1, -0.05) is 13.8 Å². The summed E-state index contributed by atoms with van der Waals surface area (Å²) < 4.78 is 1.93. The van der Waals surface area contributed by atoms with Crippen LogP contribution in [0, 0.1) is 12.8 Å². The first-order chi connectivity index (χ1) is 7.99. The van der Waals surface area contributed by atoms with Gasteiger partial charge in [0.1, 0.15) is 6.33 Å². The van der Waals surface area contributed by atoms with Crippen molar-refractivity contribution in [3.8, 4) is 0 Å². The Morgan fingerprint density at radius 3 is 2.76 bits per heavy atom. The van der Waals surface area contributed by atoms with Gasteiger partial charge in [0.25, 0.3) is 0 Å². The molecule has 0 aliphatic rings. The number of nitrogens with zero attached hydrogens (tertiary/aromatic N) is 2. The van der Waals surface area contributed by atoms with E-state index in [4.69, 9.17) is 5.11 Å². The molecule has 2 rings (SSSR count). The number of aromatic nitrogens is 2. The molecule has 2 aromatic rings. The highest BCUT2D eigenvalue weighted by molar-refractivity contribution is 5.86. The van der Waals surface area contributed by atoms with E-state index in [-0.39, 0.29) is 5.69 Å². The van der Waals surface area contributed by atoms with Crippen LogP contribution in [0.25, 0.3) is 5.52 Å². The van der Waals surface area contributed by atoms with Crippen LogP contribution in [-0.4, -0.2) is 20.5 Å². The Kier molecular flexibility index (Phi) is 2.88. The third-order valence-corrected chi connectivity index (χ3v) is 2.87. The van der Waals surface area contributed by atoms with Gasteiger partial charge in [-0.2, -0.15) is 0 Å². The fourth-order valence-electron chi connectivity index (χ4n) is 2.03. The summed E-state index contributed by atoms with van der Waals surface area (Å²) in [6, 6.07) is 3.66. The Morgan fingerprint density at radius 2 is 2.18 bits per heavy atom. The van der Waals surface area contributed by atoms with Crippen LogP contribution in [0.5, 0.6) is 0 Å². The molecule has 0 fully saturated rings. The van der Waals surface area contributed by atoms with Crippen molar-refractivity contribution in [3.63, 3.8) is 0 Å². The maximum Gasteiger partial charge on any atom is 0.354 e. The van der Waals surface area contributed by atoms with Gasteiger partial charge in [-0.25, -0.2) is 9.78 Å². The summed E-state index contributed by atoms with van der Waals surface area (Å²) in [6.07, 6.45) is 2.58. The molecule has 0 aliphatic carbocycles. The van der Waals surface area contributed by atoms with Gasteiger partial charge in [0.15, 0.2) is 5.69 Å². The topological polar surface area (TPSA) is 54.6 Å². The van der Waals surface area contributed by atoms with Crippen molar-refractivity contribution in [2.75, 3.05) is 0 Å². The maximum absolute atomic E-state index is 10.8. The summed E-state index contributed by atoms with van der Waals surface area (Å²) in [5, 5.41) is 8.89. The summed E-state index contributed by atoms with van der Waals surface area (Å²) in [5.74, 6) is -0.408. The number of carboxylic acid groups (broad SMARTS) is 1. The van der Waals surface area contributed by atoms with E-state index < -0.39 is 5.97 Å². The van der Waals surface area contributed by atoms with Gasteiger partial charge in [0, 0.05) is 11.2 Å². The quantitative estimate of drug-likeness (QED) is 0.884. The monoisotopic (exact) mass is 232 g/mol. The lowest BCUT2D eigenvalue weighted by atomic mass is 10.0. The van der Waals surface area contributed by atoms with Crippen molar-refractivity contribution in [1.29, 1.82) is 0 Å². The molecule has 0 aromatic carbocycles. The number of rotatable bonds is 3. The Hall–Kier alpha value is -1.84. The maximum atomic E-state index is 10.8. The van der Waals surface area contributed by atoms with E-state index in [1.807, 2.05) is 17.4 Å². The second-order valence-corrected chi connectivity index (χ2v) is 4.73. The molecule has 0 saturated heterocycles. The zero-order chi connectivity index (χ0) is 12.6. The largest absolute Gasteiger partial charge is 0.477 e. The Bertz CT molecular complexity index is 570. The van der Waals surface area contributed by atoms with E-state index in [2.05, 4.69) is 18.8 Å². The van der Waals surface area contributed by atoms with Crippen LogP contribution in [0.3, 0.4) is 0 Å². The Labute approximate surface area is 99.9 Å². The summed E-state index contributed by atoms with van der Waals surface area (Å²) in [6.45, 7) is 6.37. The number of aromatic carboxylic acids is 1. The Morgan fingerprint density at radius 1 is 1.47 bits per heavy atom. The first-order valence-electron chi connectivity index (χ1n) is 5.69. The first-order valence-corrected chi connectivity index (χ1v) is 5.69. The molecule has 0 unspecified atom stereocenters. The van der Waals surface area contributed by atoms with E-state index in [1.165, 1.54) is 5.56 Å². The van der Waals surface area contributed by atoms with E-state index in [0.29, 0.717) is 5.92 Å². The average Bonchev–Trinajstić information content (AvgIpc) is 2.54. The van der Waals surface area contributed by atoms with Crippen LogP contribution >= 0.6 is 0 Å². The van der Waals surface area contributed by atoms with Crippen LogP contribution in [0.2, 0.25) is 0 Å². The highest BCUT2D eigenvalue weighted by atomic mass is 16.4. The van der Waals surface area contributed by atoms with Gasteiger partial charge in [0.05, 0.1) is 0 Å². The van der Waals surface area contributed by atoms with Gasteiger partial charge in [0.2, 0.25) is 0 Å². The normalized spacial score (nSPS) is 11.3. The molecular weight excluding hydrogens is 216 g/mol. The molecule has 2 heterocycles. The van der Waals surface area contributed by atoms with E-state index >= 15 is 0 Å². The Balaban J connectivity index is 2.53. The molecule has 1 N–H and O–H groups in total. The van der Waals surface area contributed by atoms with Gasteiger partial charge < -0.3 is 9.51 Å². The number of aryl methyl sites for hydroxylation is 1. The van der Waals surface area contributed by atoms with Gasteiger partial charge in [-0.3, -0.25) is 0 Å². The minimum atomic E-state index is -0.989. The molecule has 0 spiro atoms. The van der Waals surface area contributed by atoms with Crippen molar-refractivity contribution in [2.45, 2.75) is 27.2 Å². The summed E-state index contributed by atoms with van der Waals surface area (Å²) in [4.78, 5) is 14.8. The number of carboxylic acids is 1. The van der Waals surface area contributed by atoms with Crippen molar-refractivity contribution < 1.29 is 9.90 Å². The highest BCUT2D eigenvalue weighted by Crippen LogP contribution is 2.19. The van der Waals surface area contributed by atoms with Gasteiger partial charge >= 0.3 is 5.97 Å². The predicted octanol–water partition coefficient (Wildman–Crippen LogP) is 2.54. The summed E-state index contributed by atoms with van der Waals surface area (Å²) in [5.41, 5.74) is 3.37. The third kappa shape index (κ3) is 2.16. The molecule has 4 nitrogen and oxygen atoms in total. The van der Waals surface area contributed by atoms with Crippen molar-refractivity contribution in [1.82, 2.24) is 9.38 Å². The molecule has 17 heavy (non-hydrogen) atoms. The SMILES string of the molecule is Cc1c(CC(C)C)cc2cc(C(=O)O)ncn12. The van der Waals surface area contributed by atoms with Crippen LogP contribution < -0.4 is 0 Å². The lowest BCUT2D eigenvalue weighted by Gasteiger charge is -2.03. The first kappa shape index (κ1) is 11.6. The van der Waals surface area contributed by atoms with Crippen LogP contribution in [0.1, 0.15) is 35.6 Å². The second-order valence-electron chi connectivity index (χ2n) is 4.73. The minimum absolute atomic E-state index is 0.0890. The molecule has 2 aromatic heterocycles. The third-order valence-electron chi connectivity index (χ3n) is 2.87.